The first-order valence-electron chi connectivity index (χ1n) is 5.46. The van der Waals surface area contributed by atoms with Crippen LogP contribution in [0.25, 0.3) is 0 Å². The van der Waals surface area contributed by atoms with Crippen molar-refractivity contribution in [2.75, 3.05) is 32.5 Å². The van der Waals surface area contributed by atoms with E-state index in [1.165, 1.54) is 0 Å². The maximum absolute atomic E-state index is 5.48. The van der Waals surface area contributed by atoms with Gasteiger partial charge in [-0.1, -0.05) is 0 Å². The quantitative estimate of drug-likeness (QED) is 0.787. The zero-order chi connectivity index (χ0) is 12.0. The van der Waals surface area contributed by atoms with Crippen molar-refractivity contribution in [2.24, 2.45) is 0 Å². The number of hydrogen-bond donors (Lipinski definition) is 1. The highest BCUT2D eigenvalue weighted by molar-refractivity contribution is 5.27. The SMILES string of the molecule is CC(C)Oc1ccnc(NCCN(C)C)n1. The number of aromatic nitrogens is 2. The van der Waals surface area contributed by atoms with Gasteiger partial charge in [0.2, 0.25) is 11.8 Å². The molecule has 5 heteroatoms. The van der Waals surface area contributed by atoms with Crippen molar-refractivity contribution >= 4 is 5.95 Å². The first kappa shape index (κ1) is 12.7. The van der Waals surface area contributed by atoms with Gasteiger partial charge in [0.05, 0.1) is 6.10 Å². The van der Waals surface area contributed by atoms with Crippen LogP contribution < -0.4 is 10.1 Å². The number of nitrogens with zero attached hydrogens (tertiary/aromatic N) is 3. The first-order chi connectivity index (χ1) is 7.58. The summed E-state index contributed by atoms with van der Waals surface area (Å²) in [5.41, 5.74) is 0. The predicted octanol–water partition coefficient (Wildman–Crippen LogP) is 1.24. The van der Waals surface area contributed by atoms with Crippen LogP contribution in [0.5, 0.6) is 5.88 Å². The number of anilines is 1. The number of ether oxygens (including phenoxy) is 1. The first-order valence-corrected chi connectivity index (χ1v) is 5.46. The van der Waals surface area contributed by atoms with Crippen molar-refractivity contribution in [1.29, 1.82) is 0 Å². The van der Waals surface area contributed by atoms with Gasteiger partial charge in [0.1, 0.15) is 0 Å². The molecule has 0 bridgehead atoms. The van der Waals surface area contributed by atoms with Crippen molar-refractivity contribution in [1.82, 2.24) is 14.9 Å². The Morgan fingerprint density at radius 1 is 1.44 bits per heavy atom. The van der Waals surface area contributed by atoms with Gasteiger partial charge in [-0.3, -0.25) is 0 Å². The maximum atomic E-state index is 5.48. The second-order valence-electron chi connectivity index (χ2n) is 4.12. The van der Waals surface area contributed by atoms with E-state index in [0.29, 0.717) is 11.8 Å². The van der Waals surface area contributed by atoms with Crippen LogP contribution in [0.15, 0.2) is 12.3 Å². The van der Waals surface area contributed by atoms with Gasteiger partial charge in [0.25, 0.3) is 0 Å². The molecular weight excluding hydrogens is 204 g/mol. The Morgan fingerprint density at radius 2 is 2.19 bits per heavy atom. The van der Waals surface area contributed by atoms with Gasteiger partial charge in [-0.05, 0) is 27.9 Å². The van der Waals surface area contributed by atoms with Crippen LogP contribution in [-0.4, -0.2) is 48.2 Å². The molecule has 5 nitrogen and oxygen atoms in total. The monoisotopic (exact) mass is 224 g/mol. The molecule has 1 N–H and O–H groups in total. The van der Waals surface area contributed by atoms with Gasteiger partial charge in [-0.2, -0.15) is 4.98 Å². The van der Waals surface area contributed by atoms with Crippen molar-refractivity contribution in [3.05, 3.63) is 12.3 Å². The van der Waals surface area contributed by atoms with E-state index in [4.69, 9.17) is 4.74 Å². The Kier molecular flexibility index (Phi) is 4.98. The second-order valence-corrected chi connectivity index (χ2v) is 4.12. The molecule has 16 heavy (non-hydrogen) atoms. The van der Waals surface area contributed by atoms with Gasteiger partial charge < -0.3 is 15.0 Å². The van der Waals surface area contributed by atoms with E-state index in [2.05, 4.69) is 20.2 Å². The summed E-state index contributed by atoms with van der Waals surface area (Å²) in [7, 11) is 4.06. The van der Waals surface area contributed by atoms with Gasteiger partial charge in [0, 0.05) is 25.4 Å². The zero-order valence-electron chi connectivity index (χ0n) is 10.4. The van der Waals surface area contributed by atoms with Crippen molar-refractivity contribution in [2.45, 2.75) is 20.0 Å². The van der Waals surface area contributed by atoms with E-state index >= 15 is 0 Å². The molecule has 0 radical (unpaired) electrons. The lowest BCUT2D eigenvalue weighted by Crippen LogP contribution is -2.21. The molecule has 0 fully saturated rings. The highest BCUT2D eigenvalue weighted by Crippen LogP contribution is 2.09. The Bertz CT molecular complexity index is 315. The third kappa shape index (κ3) is 4.93. The molecule has 0 amide bonds. The molecule has 0 aliphatic carbocycles. The smallest absolute Gasteiger partial charge is 0.225 e. The third-order valence-electron chi connectivity index (χ3n) is 1.83. The Hall–Kier alpha value is -1.36. The largest absolute Gasteiger partial charge is 0.475 e. The van der Waals surface area contributed by atoms with Crippen LogP contribution in [0.1, 0.15) is 13.8 Å². The molecule has 1 heterocycles. The second kappa shape index (κ2) is 6.27. The third-order valence-corrected chi connectivity index (χ3v) is 1.83. The lowest BCUT2D eigenvalue weighted by Gasteiger charge is -2.12. The predicted molar refractivity (Wildman–Crippen MR) is 64.8 cm³/mol. The van der Waals surface area contributed by atoms with Gasteiger partial charge in [0.15, 0.2) is 0 Å². The molecule has 0 saturated heterocycles. The number of hydrogen-bond acceptors (Lipinski definition) is 5. The standard InChI is InChI=1S/C11H20N4O/c1-9(2)16-10-5-6-12-11(14-10)13-7-8-15(3)4/h5-6,9H,7-8H2,1-4H3,(H,12,13,14). The van der Waals surface area contributed by atoms with E-state index in [1.54, 1.807) is 12.3 Å². The van der Waals surface area contributed by atoms with Crippen LogP contribution in [-0.2, 0) is 0 Å². The lowest BCUT2D eigenvalue weighted by atomic mass is 10.5. The molecular formula is C11H20N4O. The molecule has 90 valence electrons. The molecule has 1 aromatic rings. The van der Waals surface area contributed by atoms with Crippen LogP contribution in [0, 0.1) is 0 Å². The van der Waals surface area contributed by atoms with Gasteiger partial charge >= 0.3 is 0 Å². The van der Waals surface area contributed by atoms with Crippen LogP contribution in [0.2, 0.25) is 0 Å². The van der Waals surface area contributed by atoms with Crippen molar-refractivity contribution in [3.63, 3.8) is 0 Å². The Balaban J connectivity index is 2.47. The van der Waals surface area contributed by atoms with Crippen LogP contribution in [0.3, 0.4) is 0 Å². The summed E-state index contributed by atoms with van der Waals surface area (Å²) in [4.78, 5) is 10.5. The van der Waals surface area contributed by atoms with E-state index in [-0.39, 0.29) is 6.10 Å². The molecule has 0 aliphatic rings. The van der Waals surface area contributed by atoms with E-state index in [1.807, 2.05) is 27.9 Å². The van der Waals surface area contributed by atoms with E-state index < -0.39 is 0 Å². The van der Waals surface area contributed by atoms with Crippen molar-refractivity contribution in [3.8, 4) is 5.88 Å². The summed E-state index contributed by atoms with van der Waals surface area (Å²) in [5, 5.41) is 3.15. The molecule has 0 spiro atoms. The summed E-state index contributed by atoms with van der Waals surface area (Å²) in [5.74, 6) is 1.22. The summed E-state index contributed by atoms with van der Waals surface area (Å²) in [6.07, 6.45) is 1.83. The Morgan fingerprint density at radius 3 is 2.81 bits per heavy atom. The average molecular weight is 224 g/mol. The van der Waals surface area contributed by atoms with Crippen molar-refractivity contribution < 1.29 is 4.74 Å². The molecule has 0 saturated carbocycles. The normalized spacial score (nSPS) is 10.9. The summed E-state index contributed by atoms with van der Waals surface area (Å²) in [6, 6.07) is 1.76. The fourth-order valence-corrected chi connectivity index (χ4v) is 1.13. The molecule has 1 rings (SSSR count). The molecule has 1 aromatic heterocycles. The van der Waals surface area contributed by atoms with Gasteiger partial charge in [-0.15, -0.1) is 0 Å². The minimum absolute atomic E-state index is 0.129. The highest BCUT2D eigenvalue weighted by atomic mass is 16.5. The number of nitrogens with one attached hydrogen (secondary N) is 1. The fourth-order valence-electron chi connectivity index (χ4n) is 1.13. The highest BCUT2D eigenvalue weighted by Gasteiger charge is 2.01. The topological polar surface area (TPSA) is 50.3 Å². The summed E-state index contributed by atoms with van der Waals surface area (Å²) < 4.78 is 5.48. The molecule has 0 aromatic carbocycles. The minimum Gasteiger partial charge on any atom is -0.475 e. The number of rotatable bonds is 6. The van der Waals surface area contributed by atoms with Gasteiger partial charge in [-0.25, -0.2) is 4.98 Å². The summed E-state index contributed by atoms with van der Waals surface area (Å²) in [6.45, 7) is 5.71. The van der Waals surface area contributed by atoms with E-state index in [9.17, 15) is 0 Å². The van der Waals surface area contributed by atoms with Crippen LogP contribution in [0.4, 0.5) is 5.95 Å². The summed E-state index contributed by atoms with van der Waals surface area (Å²) >= 11 is 0. The lowest BCUT2D eigenvalue weighted by molar-refractivity contribution is 0.232. The average Bonchev–Trinajstić information content (AvgIpc) is 2.16. The zero-order valence-corrected chi connectivity index (χ0v) is 10.4. The molecule has 0 aliphatic heterocycles. The Labute approximate surface area is 96.8 Å². The maximum Gasteiger partial charge on any atom is 0.225 e. The molecule has 0 unspecified atom stereocenters. The fraction of sp³-hybridized carbons (Fsp3) is 0.636. The minimum atomic E-state index is 0.129. The number of likely N-dealkylation sites (N-methyl/N-ethyl adjacent to an activating group) is 1. The van der Waals surface area contributed by atoms with Crippen LogP contribution >= 0.6 is 0 Å². The van der Waals surface area contributed by atoms with E-state index in [0.717, 1.165) is 13.1 Å². The molecule has 0 atom stereocenters.